The van der Waals surface area contributed by atoms with Gasteiger partial charge in [-0.15, -0.1) is 0 Å². The van der Waals surface area contributed by atoms with Crippen LogP contribution < -0.4 is 4.74 Å². The summed E-state index contributed by atoms with van der Waals surface area (Å²) in [6.07, 6.45) is 1.28. The maximum absolute atomic E-state index is 13.3. The number of para-hydroxylation sites is 1. The standard InChI is InChI=1S/C15H20FNO3/c1-2-12-11-17(8-10-19-12)15(18)7-9-20-14-6-4-3-5-13(14)16/h3-6,12H,2,7-11H2,1H3. The number of amides is 1. The molecule has 1 heterocycles. The molecule has 0 radical (unpaired) electrons. The molecule has 1 atom stereocenters. The zero-order chi connectivity index (χ0) is 14.4. The Morgan fingerprint density at radius 2 is 2.30 bits per heavy atom. The van der Waals surface area contributed by atoms with E-state index in [2.05, 4.69) is 0 Å². The number of morpholine rings is 1. The van der Waals surface area contributed by atoms with Crippen LogP contribution in [0.1, 0.15) is 19.8 Å². The fourth-order valence-corrected chi connectivity index (χ4v) is 2.16. The van der Waals surface area contributed by atoms with Gasteiger partial charge >= 0.3 is 0 Å². The first kappa shape index (κ1) is 14.8. The van der Waals surface area contributed by atoms with Crippen LogP contribution in [0.2, 0.25) is 0 Å². The summed E-state index contributed by atoms with van der Waals surface area (Å²) in [4.78, 5) is 13.8. The number of carbonyl (C=O) groups excluding carboxylic acids is 1. The van der Waals surface area contributed by atoms with Crippen LogP contribution in [0, 0.1) is 5.82 Å². The van der Waals surface area contributed by atoms with Gasteiger partial charge in [-0.1, -0.05) is 19.1 Å². The molecule has 1 aliphatic rings. The molecular formula is C15H20FNO3. The van der Waals surface area contributed by atoms with Gasteiger partial charge in [0.25, 0.3) is 0 Å². The second kappa shape index (κ2) is 7.24. The molecule has 1 unspecified atom stereocenters. The van der Waals surface area contributed by atoms with E-state index in [1.165, 1.54) is 6.07 Å². The Labute approximate surface area is 118 Å². The molecule has 0 spiro atoms. The second-order valence-electron chi connectivity index (χ2n) is 4.77. The zero-order valence-corrected chi connectivity index (χ0v) is 11.7. The maximum atomic E-state index is 13.3. The van der Waals surface area contributed by atoms with Crippen LogP contribution in [0.25, 0.3) is 0 Å². The topological polar surface area (TPSA) is 38.8 Å². The Morgan fingerprint density at radius 1 is 1.50 bits per heavy atom. The van der Waals surface area contributed by atoms with Gasteiger partial charge in [0, 0.05) is 13.1 Å². The van der Waals surface area contributed by atoms with E-state index in [0.717, 1.165) is 6.42 Å². The molecular weight excluding hydrogens is 261 g/mol. The summed E-state index contributed by atoms with van der Waals surface area (Å²) in [5.41, 5.74) is 0. The fraction of sp³-hybridized carbons (Fsp3) is 0.533. The van der Waals surface area contributed by atoms with Crippen LogP contribution in [-0.4, -0.2) is 43.2 Å². The highest BCUT2D eigenvalue weighted by molar-refractivity contribution is 5.76. The van der Waals surface area contributed by atoms with Gasteiger partial charge < -0.3 is 14.4 Å². The van der Waals surface area contributed by atoms with Crippen molar-refractivity contribution in [1.82, 2.24) is 4.90 Å². The lowest BCUT2D eigenvalue weighted by atomic mass is 10.2. The van der Waals surface area contributed by atoms with Gasteiger partial charge in [-0.25, -0.2) is 4.39 Å². The summed E-state index contributed by atoms with van der Waals surface area (Å²) in [5, 5.41) is 0. The van der Waals surface area contributed by atoms with Crippen molar-refractivity contribution in [2.24, 2.45) is 0 Å². The molecule has 2 rings (SSSR count). The highest BCUT2D eigenvalue weighted by Gasteiger charge is 2.22. The third-order valence-electron chi connectivity index (χ3n) is 3.36. The van der Waals surface area contributed by atoms with Gasteiger partial charge in [-0.2, -0.15) is 0 Å². The first-order valence-corrected chi connectivity index (χ1v) is 6.97. The van der Waals surface area contributed by atoms with E-state index in [0.29, 0.717) is 19.7 Å². The molecule has 0 bridgehead atoms. The highest BCUT2D eigenvalue weighted by Crippen LogP contribution is 2.16. The number of ether oxygens (including phenoxy) is 2. The van der Waals surface area contributed by atoms with Gasteiger partial charge in [0.05, 0.1) is 25.7 Å². The molecule has 0 aliphatic carbocycles. The summed E-state index contributed by atoms with van der Waals surface area (Å²) in [6, 6.07) is 6.20. The molecule has 0 saturated carbocycles. The lowest BCUT2D eigenvalue weighted by Gasteiger charge is -2.32. The van der Waals surface area contributed by atoms with E-state index in [4.69, 9.17) is 9.47 Å². The first-order chi connectivity index (χ1) is 9.70. The number of benzene rings is 1. The van der Waals surface area contributed by atoms with E-state index < -0.39 is 5.82 Å². The highest BCUT2D eigenvalue weighted by atomic mass is 19.1. The van der Waals surface area contributed by atoms with Gasteiger partial charge in [-0.05, 0) is 18.6 Å². The minimum absolute atomic E-state index is 0.0306. The SMILES string of the molecule is CCC1CN(C(=O)CCOc2ccccc2F)CCO1. The lowest BCUT2D eigenvalue weighted by Crippen LogP contribution is -2.45. The van der Waals surface area contributed by atoms with Crippen molar-refractivity contribution in [3.63, 3.8) is 0 Å². The normalized spacial score (nSPS) is 18.9. The molecule has 0 N–H and O–H groups in total. The van der Waals surface area contributed by atoms with Crippen LogP contribution in [0.15, 0.2) is 24.3 Å². The van der Waals surface area contributed by atoms with Gasteiger partial charge in [0.2, 0.25) is 5.91 Å². The molecule has 4 nitrogen and oxygen atoms in total. The lowest BCUT2D eigenvalue weighted by molar-refractivity contribution is -0.139. The molecule has 1 saturated heterocycles. The van der Waals surface area contributed by atoms with Crippen molar-refractivity contribution in [2.45, 2.75) is 25.9 Å². The van der Waals surface area contributed by atoms with Crippen molar-refractivity contribution in [3.8, 4) is 5.75 Å². The predicted octanol–water partition coefficient (Wildman–Crippen LogP) is 2.23. The third kappa shape index (κ3) is 3.93. The molecule has 1 aliphatic heterocycles. The molecule has 1 amide bonds. The predicted molar refractivity (Wildman–Crippen MR) is 73.1 cm³/mol. The Balaban J connectivity index is 1.76. The maximum Gasteiger partial charge on any atom is 0.226 e. The Bertz CT molecular complexity index is 452. The van der Waals surface area contributed by atoms with Crippen LogP contribution in [-0.2, 0) is 9.53 Å². The van der Waals surface area contributed by atoms with Crippen LogP contribution in [0.5, 0.6) is 5.75 Å². The summed E-state index contributed by atoms with van der Waals surface area (Å²) < 4.78 is 24.1. The van der Waals surface area contributed by atoms with Gasteiger partial charge in [0.15, 0.2) is 11.6 Å². The zero-order valence-electron chi connectivity index (χ0n) is 11.7. The Morgan fingerprint density at radius 3 is 3.05 bits per heavy atom. The van der Waals surface area contributed by atoms with Gasteiger partial charge in [-0.3, -0.25) is 4.79 Å². The number of hydrogen-bond donors (Lipinski definition) is 0. The third-order valence-corrected chi connectivity index (χ3v) is 3.36. The Hall–Kier alpha value is -1.62. The molecule has 0 aromatic heterocycles. The average Bonchev–Trinajstić information content (AvgIpc) is 2.49. The van der Waals surface area contributed by atoms with Crippen molar-refractivity contribution >= 4 is 5.91 Å². The van der Waals surface area contributed by atoms with E-state index in [1.54, 1.807) is 23.1 Å². The number of nitrogens with zero attached hydrogens (tertiary/aromatic N) is 1. The smallest absolute Gasteiger partial charge is 0.226 e. The minimum atomic E-state index is -0.405. The largest absolute Gasteiger partial charge is 0.490 e. The van der Waals surface area contributed by atoms with Crippen molar-refractivity contribution < 1.29 is 18.7 Å². The summed E-state index contributed by atoms with van der Waals surface area (Å²) in [6.45, 7) is 4.07. The number of rotatable bonds is 5. The van der Waals surface area contributed by atoms with E-state index in [9.17, 15) is 9.18 Å². The first-order valence-electron chi connectivity index (χ1n) is 6.97. The molecule has 110 valence electrons. The van der Waals surface area contributed by atoms with Crippen molar-refractivity contribution in [1.29, 1.82) is 0 Å². The van der Waals surface area contributed by atoms with E-state index in [-0.39, 0.29) is 30.8 Å². The van der Waals surface area contributed by atoms with Crippen molar-refractivity contribution in [2.75, 3.05) is 26.3 Å². The number of halogens is 1. The Kier molecular flexibility index (Phi) is 5.35. The number of carbonyl (C=O) groups is 1. The molecule has 5 heteroatoms. The average molecular weight is 281 g/mol. The summed E-state index contributed by atoms with van der Waals surface area (Å²) in [5.74, 6) is -0.186. The summed E-state index contributed by atoms with van der Waals surface area (Å²) >= 11 is 0. The van der Waals surface area contributed by atoms with Crippen LogP contribution in [0.4, 0.5) is 4.39 Å². The van der Waals surface area contributed by atoms with Crippen LogP contribution in [0.3, 0.4) is 0 Å². The molecule has 20 heavy (non-hydrogen) atoms. The second-order valence-corrected chi connectivity index (χ2v) is 4.77. The van der Waals surface area contributed by atoms with Crippen molar-refractivity contribution in [3.05, 3.63) is 30.1 Å². The van der Waals surface area contributed by atoms with E-state index in [1.807, 2.05) is 6.92 Å². The van der Waals surface area contributed by atoms with E-state index >= 15 is 0 Å². The number of hydrogen-bond acceptors (Lipinski definition) is 3. The molecule has 1 aromatic carbocycles. The van der Waals surface area contributed by atoms with Crippen LogP contribution >= 0.6 is 0 Å². The molecule has 1 aromatic rings. The quantitative estimate of drug-likeness (QED) is 0.831. The molecule has 1 fully saturated rings. The van der Waals surface area contributed by atoms with Gasteiger partial charge in [0.1, 0.15) is 0 Å². The minimum Gasteiger partial charge on any atom is -0.490 e. The monoisotopic (exact) mass is 281 g/mol. The summed E-state index contributed by atoms with van der Waals surface area (Å²) in [7, 11) is 0. The fourth-order valence-electron chi connectivity index (χ4n) is 2.16.